The van der Waals surface area contributed by atoms with Gasteiger partial charge in [-0.05, 0) is 53.9 Å². The highest BCUT2D eigenvalue weighted by Crippen LogP contribution is 2.32. The molecule has 34 heavy (non-hydrogen) atoms. The van der Waals surface area contributed by atoms with Gasteiger partial charge in [-0.25, -0.2) is 13.2 Å². The third kappa shape index (κ3) is 5.19. The van der Waals surface area contributed by atoms with Gasteiger partial charge in [-0.3, -0.25) is 9.10 Å². The van der Waals surface area contributed by atoms with Crippen LogP contribution in [0.2, 0.25) is 10.0 Å². The summed E-state index contributed by atoms with van der Waals surface area (Å²) < 4.78 is 32.8. The number of nitrogens with zero attached hydrogens (tertiary/aromatic N) is 1. The van der Waals surface area contributed by atoms with Gasteiger partial charge < -0.3 is 10.1 Å². The second-order valence-electron chi connectivity index (χ2n) is 7.57. The predicted octanol–water partition coefficient (Wildman–Crippen LogP) is 4.22. The van der Waals surface area contributed by atoms with Crippen LogP contribution in [-0.4, -0.2) is 33.4 Å². The normalized spacial score (nSPS) is 12.8. The van der Waals surface area contributed by atoms with E-state index in [0.717, 1.165) is 5.56 Å². The Morgan fingerprint density at radius 2 is 1.79 bits per heavy atom. The average Bonchev–Trinajstić information content (AvgIpc) is 3.27. The molecule has 4 rings (SSSR count). The molecule has 176 valence electrons. The van der Waals surface area contributed by atoms with Gasteiger partial charge in [0.25, 0.3) is 15.9 Å². The van der Waals surface area contributed by atoms with Gasteiger partial charge in [0.1, 0.15) is 0 Å². The molecule has 3 aromatic rings. The Labute approximate surface area is 207 Å². The zero-order valence-electron chi connectivity index (χ0n) is 17.8. The minimum absolute atomic E-state index is 0.0273. The molecular formula is C24H20Cl2N2O5S. The van der Waals surface area contributed by atoms with Crippen LogP contribution in [0, 0.1) is 0 Å². The number of benzene rings is 3. The molecule has 0 unspecified atom stereocenters. The standard InChI is InChI=1S/C24H20Cl2N2O5S/c25-19-9-8-18(21(26)13-19)14-27-23(29)15-33-24(30)17-5-3-6-20(12-17)34(31,32)28-11-10-16-4-1-2-7-22(16)28/h1-9,12-13H,10-11,14-15H2,(H,27,29). The summed E-state index contributed by atoms with van der Waals surface area (Å²) in [5, 5.41) is 3.49. The number of para-hydroxylation sites is 1. The number of ether oxygens (including phenoxy) is 1. The molecular weight excluding hydrogens is 499 g/mol. The molecule has 1 amide bonds. The maximum Gasteiger partial charge on any atom is 0.338 e. The van der Waals surface area contributed by atoms with Crippen LogP contribution in [0.15, 0.2) is 71.6 Å². The van der Waals surface area contributed by atoms with Crippen molar-refractivity contribution in [2.75, 3.05) is 17.5 Å². The second-order valence-corrected chi connectivity index (χ2v) is 10.3. The number of rotatable bonds is 7. The average molecular weight is 519 g/mol. The summed E-state index contributed by atoms with van der Waals surface area (Å²) >= 11 is 11.9. The van der Waals surface area contributed by atoms with Crippen LogP contribution in [0.3, 0.4) is 0 Å². The van der Waals surface area contributed by atoms with Gasteiger partial charge in [0.05, 0.1) is 16.1 Å². The lowest BCUT2D eigenvalue weighted by molar-refractivity contribution is -0.124. The zero-order chi connectivity index (χ0) is 24.3. The first-order valence-electron chi connectivity index (χ1n) is 10.3. The van der Waals surface area contributed by atoms with Gasteiger partial charge in [0, 0.05) is 23.1 Å². The largest absolute Gasteiger partial charge is 0.452 e. The first-order valence-corrected chi connectivity index (χ1v) is 12.5. The van der Waals surface area contributed by atoms with Crippen LogP contribution in [0.1, 0.15) is 21.5 Å². The van der Waals surface area contributed by atoms with Gasteiger partial charge in [-0.2, -0.15) is 0 Å². The summed E-state index contributed by atoms with van der Waals surface area (Å²) in [6.45, 7) is -0.0634. The topological polar surface area (TPSA) is 92.8 Å². The Bertz CT molecular complexity index is 1360. The molecule has 1 heterocycles. The highest BCUT2D eigenvalue weighted by molar-refractivity contribution is 7.92. The minimum atomic E-state index is -3.86. The number of carbonyl (C=O) groups is 2. The molecule has 0 atom stereocenters. The highest BCUT2D eigenvalue weighted by atomic mass is 35.5. The van der Waals surface area contributed by atoms with E-state index < -0.39 is 28.5 Å². The number of carbonyl (C=O) groups excluding carboxylic acids is 2. The summed E-state index contributed by atoms with van der Waals surface area (Å²) in [5.74, 6) is -1.34. The maximum atomic E-state index is 13.2. The molecule has 0 saturated carbocycles. The molecule has 0 aromatic heterocycles. The van der Waals surface area contributed by atoms with E-state index in [1.807, 2.05) is 12.1 Å². The molecule has 1 aliphatic heterocycles. The Morgan fingerprint density at radius 3 is 2.59 bits per heavy atom. The van der Waals surface area contributed by atoms with E-state index in [9.17, 15) is 18.0 Å². The number of hydrogen-bond donors (Lipinski definition) is 1. The number of halogens is 2. The lowest BCUT2D eigenvalue weighted by Crippen LogP contribution is -2.29. The summed E-state index contributed by atoms with van der Waals surface area (Å²) in [4.78, 5) is 24.5. The molecule has 0 aliphatic carbocycles. The van der Waals surface area contributed by atoms with E-state index in [-0.39, 0.29) is 17.0 Å². The number of fused-ring (bicyclic) bond motifs is 1. The molecule has 1 aliphatic rings. The predicted molar refractivity (Wildman–Crippen MR) is 130 cm³/mol. The highest BCUT2D eigenvalue weighted by Gasteiger charge is 2.31. The second kappa shape index (κ2) is 10.0. The fraction of sp³-hybridized carbons (Fsp3) is 0.167. The number of anilines is 1. The van der Waals surface area contributed by atoms with Crippen molar-refractivity contribution >= 4 is 50.8 Å². The SMILES string of the molecule is O=C(COC(=O)c1cccc(S(=O)(=O)N2CCc3ccccc32)c1)NCc1ccc(Cl)cc1Cl. The van der Waals surface area contributed by atoms with Crippen molar-refractivity contribution in [3.05, 3.63) is 93.5 Å². The van der Waals surface area contributed by atoms with Gasteiger partial charge in [0.2, 0.25) is 0 Å². The van der Waals surface area contributed by atoms with Gasteiger partial charge in [-0.1, -0.05) is 53.5 Å². The summed E-state index contributed by atoms with van der Waals surface area (Å²) in [7, 11) is -3.86. The minimum Gasteiger partial charge on any atom is -0.452 e. The van der Waals surface area contributed by atoms with Crippen molar-refractivity contribution in [2.45, 2.75) is 17.9 Å². The third-order valence-electron chi connectivity index (χ3n) is 5.33. The fourth-order valence-corrected chi connectivity index (χ4v) is 5.62. The fourth-order valence-electron chi connectivity index (χ4n) is 3.59. The van der Waals surface area contributed by atoms with Crippen LogP contribution in [0.25, 0.3) is 0 Å². The molecule has 10 heteroatoms. The number of nitrogens with one attached hydrogen (secondary N) is 1. The quantitative estimate of drug-likeness (QED) is 0.472. The van der Waals surface area contributed by atoms with Crippen molar-refractivity contribution in [3.8, 4) is 0 Å². The van der Waals surface area contributed by atoms with E-state index in [0.29, 0.717) is 34.3 Å². The summed E-state index contributed by atoms with van der Waals surface area (Å²) in [5.41, 5.74) is 2.27. The van der Waals surface area contributed by atoms with E-state index in [1.165, 1.54) is 28.6 Å². The van der Waals surface area contributed by atoms with E-state index in [1.54, 1.807) is 30.3 Å². The first-order chi connectivity index (χ1) is 16.3. The van der Waals surface area contributed by atoms with Crippen molar-refractivity contribution in [2.24, 2.45) is 0 Å². The van der Waals surface area contributed by atoms with Crippen LogP contribution in [-0.2, 0) is 32.5 Å². The number of hydrogen-bond acceptors (Lipinski definition) is 5. The summed E-state index contributed by atoms with van der Waals surface area (Å²) in [6.07, 6.45) is 0.619. The lowest BCUT2D eigenvalue weighted by Gasteiger charge is -2.19. The molecule has 7 nitrogen and oxygen atoms in total. The van der Waals surface area contributed by atoms with Gasteiger partial charge >= 0.3 is 5.97 Å². The Morgan fingerprint density at radius 1 is 1.00 bits per heavy atom. The van der Waals surface area contributed by atoms with E-state index >= 15 is 0 Å². The Hall–Kier alpha value is -3.07. The van der Waals surface area contributed by atoms with Crippen molar-refractivity contribution in [1.82, 2.24) is 5.32 Å². The lowest BCUT2D eigenvalue weighted by atomic mass is 10.2. The number of amides is 1. The van der Waals surface area contributed by atoms with Crippen LogP contribution < -0.4 is 9.62 Å². The van der Waals surface area contributed by atoms with Crippen molar-refractivity contribution < 1.29 is 22.7 Å². The Balaban J connectivity index is 1.39. The molecule has 0 bridgehead atoms. The molecule has 1 N–H and O–H groups in total. The first kappa shape index (κ1) is 24.1. The van der Waals surface area contributed by atoms with Crippen molar-refractivity contribution in [3.63, 3.8) is 0 Å². The number of esters is 1. The van der Waals surface area contributed by atoms with E-state index in [4.69, 9.17) is 27.9 Å². The third-order valence-corrected chi connectivity index (χ3v) is 7.72. The van der Waals surface area contributed by atoms with E-state index in [2.05, 4.69) is 5.32 Å². The summed E-state index contributed by atoms with van der Waals surface area (Å²) in [6, 6.07) is 17.8. The zero-order valence-corrected chi connectivity index (χ0v) is 20.2. The smallest absolute Gasteiger partial charge is 0.338 e. The molecule has 3 aromatic carbocycles. The Kier molecular flexibility index (Phi) is 7.11. The molecule has 0 saturated heterocycles. The van der Waals surface area contributed by atoms with Crippen LogP contribution in [0.5, 0.6) is 0 Å². The van der Waals surface area contributed by atoms with Gasteiger partial charge in [0.15, 0.2) is 6.61 Å². The van der Waals surface area contributed by atoms with Crippen LogP contribution in [0.4, 0.5) is 5.69 Å². The maximum absolute atomic E-state index is 13.2. The molecule has 0 fully saturated rings. The van der Waals surface area contributed by atoms with Gasteiger partial charge in [-0.15, -0.1) is 0 Å². The number of sulfonamides is 1. The molecule has 0 radical (unpaired) electrons. The molecule has 0 spiro atoms. The van der Waals surface area contributed by atoms with Crippen molar-refractivity contribution in [1.29, 1.82) is 0 Å². The monoisotopic (exact) mass is 518 g/mol. The van der Waals surface area contributed by atoms with Crippen LogP contribution >= 0.6 is 23.2 Å².